The van der Waals surface area contributed by atoms with Crippen LogP contribution in [0.3, 0.4) is 0 Å². The van der Waals surface area contributed by atoms with E-state index >= 15 is 0 Å². The molecule has 1 heterocycles. The summed E-state index contributed by atoms with van der Waals surface area (Å²) in [6.45, 7) is 4.75. The minimum Gasteiger partial charge on any atom is -0.493 e. The fraction of sp³-hybridized carbons (Fsp3) is 0.179. The van der Waals surface area contributed by atoms with Crippen LogP contribution in [0.5, 0.6) is 17.2 Å². The highest BCUT2D eigenvalue weighted by Gasteiger charge is 2.14. The van der Waals surface area contributed by atoms with Crippen molar-refractivity contribution in [1.82, 2.24) is 4.98 Å². The van der Waals surface area contributed by atoms with Gasteiger partial charge in [-0.2, -0.15) is 5.26 Å². The van der Waals surface area contributed by atoms with Crippen LogP contribution in [-0.2, 0) is 4.79 Å². The van der Waals surface area contributed by atoms with Gasteiger partial charge in [-0.15, -0.1) is 0 Å². The number of methoxy groups -OCH3 is 1. The molecule has 4 rings (SSSR count). The third-order valence-electron chi connectivity index (χ3n) is 5.44. The normalized spacial score (nSPS) is 11.1. The molecule has 3 aromatic carbocycles. The van der Waals surface area contributed by atoms with E-state index in [-0.39, 0.29) is 5.57 Å². The third-order valence-corrected chi connectivity index (χ3v) is 6.37. The van der Waals surface area contributed by atoms with Crippen molar-refractivity contribution < 1.29 is 19.0 Å². The lowest BCUT2D eigenvalue weighted by molar-refractivity contribution is -0.112. The average molecular weight is 500 g/mol. The van der Waals surface area contributed by atoms with Gasteiger partial charge in [0.25, 0.3) is 5.91 Å². The number of anilines is 1. The summed E-state index contributed by atoms with van der Waals surface area (Å²) in [4.78, 5) is 17.2. The Balaban J connectivity index is 1.42. The van der Waals surface area contributed by atoms with E-state index in [4.69, 9.17) is 14.2 Å². The maximum Gasteiger partial charge on any atom is 0.268 e. The molecule has 1 aromatic heterocycles. The zero-order valence-corrected chi connectivity index (χ0v) is 21.0. The highest BCUT2D eigenvalue weighted by atomic mass is 32.1. The Bertz CT molecular complexity index is 1420. The molecule has 0 bridgehead atoms. The van der Waals surface area contributed by atoms with Gasteiger partial charge in [0.05, 0.1) is 17.3 Å². The Hall–Kier alpha value is -4.35. The zero-order chi connectivity index (χ0) is 25.5. The molecule has 1 N–H and O–H groups in total. The van der Waals surface area contributed by atoms with E-state index in [1.807, 2.05) is 62.4 Å². The molecule has 8 heteroatoms. The van der Waals surface area contributed by atoms with Gasteiger partial charge in [0.2, 0.25) is 0 Å². The van der Waals surface area contributed by atoms with Crippen molar-refractivity contribution in [3.63, 3.8) is 0 Å². The lowest BCUT2D eigenvalue weighted by Crippen LogP contribution is -2.13. The molecule has 0 aliphatic heterocycles. The lowest BCUT2D eigenvalue weighted by atomic mass is 10.1. The van der Waals surface area contributed by atoms with Crippen molar-refractivity contribution in [2.45, 2.75) is 13.8 Å². The summed E-state index contributed by atoms with van der Waals surface area (Å²) in [7, 11) is 1.53. The number of amides is 1. The Morgan fingerprint density at radius 1 is 1.03 bits per heavy atom. The van der Waals surface area contributed by atoms with Gasteiger partial charge in [-0.05, 0) is 73.0 Å². The standard InChI is InChI=1S/C28H25N3O4S/c1-18-13-23-26(14-19(18)2)36-28(30-23)31-27(32)21(17-29)15-20-9-10-24(25(16-20)33-3)35-12-11-34-22-7-5-4-6-8-22/h4-10,13-16H,11-12H2,1-3H3,(H,30,31,32)/b21-15+. The number of nitriles is 1. The Kier molecular flexibility index (Phi) is 7.83. The van der Waals surface area contributed by atoms with Crippen molar-refractivity contribution in [2.24, 2.45) is 0 Å². The monoisotopic (exact) mass is 499 g/mol. The highest BCUT2D eigenvalue weighted by molar-refractivity contribution is 7.22. The van der Waals surface area contributed by atoms with Crippen molar-refractivity contribution >= 4 is 38.7 Å². The van der Waals surface area contributed by atoms with E-state index in [9.17, 15) is 10.1 Å². The fourth-order valence-electron chi connectivity index (χ4n) is 3.43. The number of benzene rings is 3. The van der Waals surface area contributed by atoms with Crippen molar-refractivity contribution in [2.75, 3.05) is 25.6 Å². The predicted molar refractivity (Wildman–Crippen MR) is 142 cm³/mol. The summed E-state index contributed by atoms with van der Waals surface area (Å²) in [6, 6.07) is 20.7. The van der Waals surface area contributed by atoms with Crippen LogP contribution < -0.4 is 19.5 Å². The molecule has 0 atom stereocenters. The minimum absolute atomic E-state index is 0.0476. The number of rotatable bonds is 9. The Labute approximate surface area is 213 Å². The second kappa shape index (κ2) is 11.4. The summed E-state index contributed by atoms with van der Waals surface area (Å²) in [5.74, 6) is 1.27. The maximum absolute atomic E-state index is 12.8. The van der Waals surface area contributed by atoms with Crippen LogP contribution in [-0.4, -0.2) is 31.2 Å². The number of hydrogen-bond donors (Lipinski definition) is 1. The van der Waals surface area contributed by atoms with E-state index in [1.54, 1.807) is 18.2 Å². The van der Waals surface area contributed by atoms with E-state index in [0.717, 1.165) is 27.1 Å². The van der Waals surface area contributed by atoms with E-state index in [2.05, 4.69) is 10.3 Å². The molecule has 0 fully saturated rings. The molecule has 0 spiro atoms. The third kappa shape index (κ3) is 6.01. The predicted octanol–water partition coefficient (Wildman–Crippen LogP) is 5.93. The molecule has 4 aromatic rings. The fourth-order valence-corrected chi connectivity index (χ4v) is 4.38. The summed E-state index contributed by atoms with van der Waals surface area (Å²) in [6.07, 6.45) is 1.50. The van der Waals surface area contributed by atoms with Crippen LogP contribution in [0.15, 0.2) is 66.2 Å². The second-order valence-electron chi connectivity index (χ2n) is 7.97. The molecule has 0 aliphatic carbocycles. The number of para-hydroxylation sites is 1. The number of aromatic nitrogens is 1. The van der Waals surface area contributed by atoms with Crippen molar-refractivity contribution in [3.8, 4) is 23.3 Å². The second-order valence-corrected chi connectivity index (χ2v) is 9.00. The minimum atomic E-state index is -0.526. The molecule has 0 unspecified atom stereocenters. The molecule has 1 amide bonds. The number of nitrogens with zero attached hydrogens (tertiary/aromatic N) is 2. The average Bonchev–Trinajstić information content (AvgIpc) is 3.26. The number of fused-ring (bicyclic) bond motifs is 1. The SMILES string of the molecule is COc1cc(/C=C(\C#N)C(=O)Nc2nc3cc(C)c(C)cc3s2)ccc1OCCOc1ccccc1. The summed E-state index contributed by atoms with van der Waals surface area (Å²) < 4.78 is 17.8. The Morgan fingerprint density at radius 3 is 2.53 bits per heavy atom. The van der Waals surface area contributed by atoms with Crippen LogP contribution in [0.4, 0.5) is 5.13 Å². The van der Waals surface area contributed by atoms with Crippen LogP contribution >= 0.6 is 11.3 Å². The molecular formula is C28H25N3O4S. The highest BCUT2D eigenvalue weighted by Crippen LogP contribution is 2.30. The molecule has 0 saturated heterocycles. The number of carbonyl (C=O) groups excluding carboxylic acids is 1. The van der Waals surface area contributed by atoms with Crippen LogP contribution in [0.1, 0.15) is 16.7 Å². The zero-order valence-electron chi connectivity index (χ0n) is 20.2. The molecule has 0 aliphatic rings. The van der Waals surface area contributed by atoms with E-state index < -0.39 is 5.91 Å². The maximum atomic E-state index is 12.8. The molecule has 182 valence electrons. The van der Waals surface area contributed by atoms with Crippen molar-refractivity contribution in [1.29, 1.82) is 5.26 Å². The van der Waals surface area contributed by atoms with E-state index in [0.29, 0.717) is 35.4 Å². The van der Waals surface area contributed by atoms with Crippen LogP contribution in [0, 0.1) is 25.2 Å². The molecular weight excluding hydrogens is 474 g/mol. The smallest absolute Gasteiger partial charge is 0.268 e. The van der Waals surface area contributed by atoms with E-state index in [1.165, 1.54) is 24.5 Å². The first-order valence-corrected chi connectivity index (χ1v) is 12.1. The van der Waals surface area contributed by atoms with Gasteiger partial charge in [-0.25, -0.2) is 4.98 Å². The van der Waals surface area contributed by atoms with Gasteiger partial charge in [-0.3, -0.25) is 10.1 Å². The van der Waals surface area contributed by atoms with Crippen LogP contribution in [0.25, 0.3) is 16.3 Å². The first-order valence-electron chi connectivity index (χ1n) is 11.3. The number of hydrogen-bond acceptors (Lipinski definition) is 7. The summed E-state index contributed by atoms with van der Waals surface area (Å²) in [5.41, 5.74) is 3.69. The number of ether oxygens (including phenoxy) is 3. The molecule has 36 heavy (non-hydrogen) atoms. The lowest BCUT2D eigenvalue weighted by Gasteiger charge is -2.12. The quantitative estimate of drug-likeness (QED) is 0.174. The Morgan fingerprint density at radius 2 is 1.78 bits per heavy atom. The van der Waals surface area contributed by atoms with Crippen molar-refractivity contribution in [3.05, 3.63) is 82.9 Å². The molecule has 0 radical (unpaired) electrons. The van der Waals surface area contributed by atoms with Gasteiger partial charge < -0.3 is 14.2 Å². The number of nitrogens with one attached hydrogen (secondary N) is 1. The topological polar surface area (TPSA) is 93.5 Å². The van der Waals surface area contributed by atoms with Gasteiger partial charge in [0, 0.05) is 0 Å². The van der Waals surface area contributed by atoms with Gasteiger partial charge >= 0.3 is 0 Å². The first kappa shape index (κ1) is 24.8. The summed E-state index contributed by atoms with van der Waals surface area (Å²) in [5, 5.41) is 12.8. The molecule has 0 saturated carbocycles. The number of aryl methyl sites for hydroxylation is 2. The van der Waals surface area contributed by atoms with Gasteiger partial charge in [0.15, 0.2) is 16.6 Å². The van der Waals surface area contributed by atoms with Gasteiger partial charge in [-0.1, -0.05) is 35.6 Å². The summed E-state index contributed by atoms with van der Waals surface area (Å²) >= 11 is 1.37. The van der Waals surface area contributed by atoms with Crippen LogP contribution in [0.2, 0.25) is 0 Å². The number of carbonyl (C=O) groups is 1. The largest absolute Gasteiger partial charge is 0.493 e. The first-order chi connectivity index (χ1) is 17.5. The molecule has 7 nitrogen and oxygen atoms in total. The number of thiazole rings is 1. The van der Waals surface area contributed by atoms with Gasteiger partial charge in [0.1, 0.15) is 30.6 Å².